The van der Waals surface area contributed by atoms with Crippen molar-refractivity contribution in [3.05, 3.63) is 238 Å². The van der Waals surface area contributed by atoms with Crippen LogP contribution in [0, 0.1) is 90.8 Å². The van der Waals surface area contributed by atoms with Crippen LogP contribution in [0.5, 0.6) is 69.5 Å². The summed E-state index contributed by atoms with van der Waals surface area (Å²) in [6.07, 6.45) is -4.49. The van der Waals surface area contributed by atoms with Gasteiger partial charge in [-0.25, -0.2) is 10.9 Å². The van der Waals surface area contributed by atoms with Gasteiger partial charge in [0.2, 0.25) is 45.2 Å². The number of hydrogen-bond acceptors (Lipinski definition) is 42. The number of aryl methyl sites for hydroxylation is 4. The summed E-state index contributed by atoms with van der Waals surface area (Å²) in [4.78, 5) is 36.2. The third-order valence-electron chi connectivity index (χ3n) is 19.9. The van der Waals surface area contributed by atoms with E-state index in [9.17, 15) is 30.2 Å². The van der Waals surface area contributed by atoms with E-state index in [0.29, 0.717) is 122 Å². The van der Waals surface area contributed by atoms with Gasteiger partial charge in [0.15, 0.2) is 51.9 Å². The van der Waals surface area contributed by atoms with Gasteiger partial charge in [0, 0.05) is 119 Å². The Kier molecular flexibility index (Phi) is 41.0. The van der Waals surface area contributed by atoms with Crippen molar-refractivity contribution in [3.63, 3.8) is 0 Å². The van der Waals surface area contributed by atoms with Crippen LogP contribution in [-0.2, 0) is 110 Å². The number of aromatic hydroxyl groups is 4. The first-order valence-electron chi connectivity index (χ1n) is 42.5. The molecule has 12 aromatic rings. The van der Waals surface area contributed by atoms with Crippen molar-refractivity contribution in [1.29, 1.82) is 10.5 Å². The van der Waals surface area contributed by atoms with E-state index < -0.39 is 12.3 Å². The molecule has 0 saturated heterocycles. The van der Waals surface area contributed by atoms with Crippen LogP contribution in [0.15, 0.2) is 237 Å². The number of ether oxygens (including phenoxy) is 8. The van der Waals surface area contributed by atoms with Gasteiger partial charge in [-0.2, -0.15) is 10.5 Å². The molecule has 8 heterocycles. The zero-order chi connectivity index (χ0) is 103. The van der Waals surface area contributed by atoms with Crippen LogP contribution < -0.4 is 58.5 Å². The van der Waals surface area contributed by atoms with Gasteiger partial charge in [0.25, 0.3) is 0 Å². The van der Waals surface area contributed by atoms with Crippen LogP contribution in [0.4, 0.5) is 89.9 Å². The van der Waals surface area contributed by atoms with Gasteiger partial charge in [-0.1, -0.05) is 46.9 Å². The Morgan fingerprint density at radius 1 is 0.431 bits per heavy atom. The summed E-state index contributed by atoms with van der Waals surface area (Å²) in [6, 6.07) is 45.3. The second kappa shape index (κ2) is 52.3. The number of imidazole rings is 2. The number of rotatable bonds is 18. The fourth-order valence-electron chi connectivity index (χ4n) is 12.9. The van der Waals surface area contributed by atoms with E-state index in [4.69, 9.17) is 110 Å². The van der Waals surface area contributed by atoms with Crippen molar-refractivity contribution in [3.8, 4) is 81.7 Å². The molecule has 1 atom stereocenters. The van der Waals surface area contributed by atoms with Crippen LogP contribution in [0.2, 0.25) is 0 Å². The third-order valence-corrected chi connectivity index (χ3v) is 24.6. The SMILES string of the molecule is CCN(CC)c1ccc2c(c1)OC1(Oc3cc(C)ccc3N=N2)Oc2cc(C)ccc2N=Nc2ccc(N(CC)CC)cc2O1.CCn1c(O)c(N=Nc2cc(C)ccc2O)[nH]c1=S.CCn1c(O)c(N=Nc2cc(NN=O)ccc2O)[nH]c1=S.CCn1c2c(sc1=S)N=Nc1cc(C)ccc1OC1(Oc3ccc(NN=O)cc3N=Nc3sc(=S)n(CC)c3O1)O2.N#CC([S-])=C([S-])C#N.[C-]#[N+]C([S-])=C([S-])[N+]#[C-].[Ni].[Ni]. The Balaban J connectivity index is 0.000000212. The number of nitriles is 2. The fourth-order valence-corrected chi connectivity index (χ4v) is 16.2. The first-order chi connectivity index (χ1) is 68.2. The van der Waals surface area contributed by atoms with E-state index >= 15 is 0 Å². The number of aromatic nitrogens is 6. The molecule has 54 heteroatoms. The van der Waals surface area contributed by atoms with Crippen molar-refractivity contribution >= 4 is 212 Å². The Morgan fingerprint density at radius 2 is 0.757 bits per heavy atom. The van der Waals surface area contributed by atoms with Gasteiger partial charge in [-0.05, 0) is 263 Å². The number of fused-ring (bicyclic) bond motifs is 8. The summed E-state index contributed by atoms with van der Waals surface area (Å²) < 4.78 is 61.1. The van der Waals surface area contributed by atoms with E-state index in [0.717, 1.165) is 59.8 Å². The summed E-state index contributed by atoms with van der Waals surface area (Å²) in [5.41, 5.74) is 14.0. The minimum absolute atomic E-state index is 0. The number of nitroso groups, excluding NO2 is 2. The monoisotopic (exact) mass is 2220 g/mol. The Labute approximate surface area is 894 Å². The molecule has 0 radical (unpaired) electrons. The molecule has 144 heavy (non-hydrogen) atoms. The van der Waals surface area contributed by atoms with Crippen LogP contribution in [-0.4, -0.2) is 87.2 Å². The Bertz CT molecular complexity index is 7240. The first-order valence-corrected chi connectivity index (χ1v) is 47.4. The predicted octanol–water partition coefficient (Wildman–Crippen LogP) is 27.2. The van der Waals surface area contributed by atoms with Crippen molar-refractivity contribution in [2.75, 3.05) is 46.8 Å². The van der Waals surface area contributed by atoms with Crippen molar-refractivity contribution in [2.45, 2.75) is 122 Å². The number of thiazole rings is 2. The molecule has 8 aromatic carbocycles. The van der Waals surface area contributed by atoms with Crippen LogP contribution in [0.3, 0.4) is 0 Å². The molecule has 8 N–H and O–H groups in total. The zero-order valence-electron chi connectivity index (χ0n) is 77.8. The smallest absolute Gasteiger partial charge is 0.613 e. The Morgan fingerprint density at radius 3 is 1.15 bits per heavy atom. The van der Waals surface area contributed by atoms with Gasteiger partial charge in [-0.3, -0.25) is 28.0 Å². The van der Waals surface area contributed by atoms with Gasteiger partial charge in [0.05, 0.1) is 47.2 Å². The molecule has 0 saturated carbocycles. The number of anilines is 4. The number of nitrogens with one attached hydrogen (secondary N) is 4. The molecule has 16 rings (SSSR count). The minimum Gasteiger partial charge on any atom is -0.826 e. The molecular weight excluding hydrogens is 2140 g/mol. The molecule has 4 aromatic heterocycles. The quantitative estimate of drug-likeness (QED) is 0.00455. The van der Waals surface area contributed by atoms with E-state index in [-0.39, 0.29) is 122 Å². The van der Waals surface area contributed by atoms with Crippen LogP contribution >= 0.6 is 71.5 Å². The molecule has 752 valence electrons. The van der Waals surface area contributed by atoms with Crippen molar-refractivity contribution in [1.82, 2.24) is 28.2 Å². The first kappa shape index (κ1) is 113. The number of nitrogens with zero attached hydrogens (tertiary/aromatic N) is 24. The number of H-pyrrole nitrogens is 2. The molecule has 1 unspecified atom stereocenters. The molecule has 4 aliphatic heterocycles. The standard InChI is InChI=1S/C35H38N6O4.C24H20N8O5S4.C12H14N4O2S.C11H12N6O3S.2C4H2N2S2.2Ni/c1-7-40(8-2)25-13-17-29-33(21-25)44-35(42-31-19-23(5)11-15-27(31)36-38-29)43-32-20-24(6)12-16-28(32)37-39-30-18-14-26(22-34(30)45-35)41(9-3)10-4;1-4-31-20-18(40-22(31)38)28-26-14-10-12(3)6-8-16(14)34-24(36-20)35-17-9-7-13(25-30-33)11-15(17)27-29-19-21(37-24)32(5-2)23(39)41-19;1-3-16-11(18)10(13-12(16)19)15-14-8-6-7(2)4-5-9(8)17;1-2-17-10(19)9(12-11(17)21)15-14-7-5-6(13-16-20)3-4-8(7)18;1-5-3(7)4(8)6-2;5-1-3(7)4(8)2-6;;/h11-22H,7-10H2,1-6H3;6-11H,4-5H2,1-3H3,(H,25,33);4-6,17-18H,3H2,1-2H3,(H,13,19);3-5,18-19H,2H2,1H3,(H,12,21)(H,13,20);2*7-8H;;/p-4. The van der Waals surface area contributed by atoms with Crippen LogP contribution in [0.1, 0.15) is 77.6 Å². The summed E-state index contributed by atoms with van der Waals surface area (Å²) in [7, 11) is 0. The average molecular weight is 2220 g/mol. The molecule has 0 fully saturated rings. The number of phenolic OH excluding ortho intramolecular Hbond substituents is 2. The van der Waals surface area contributed by atoms with E-state index in [1.54, 1.807) is 57.7 Å². The molecule has 0 aliphatic carbocycles. The summed E-state index contributed by atoms with van der Waals surface area (Å²) in [5, 5.41) is 112. The maximum atomic E-state index is 10.9. The van der Waals surface area contributed by atoms with Crippen molar-refractivity contribution < 1.29 is 91.3 Å². The average Bonchev–Trinajstić information content (AvgIpc) is 1.51. The van der Waals surface area contributed by atoms with Gasteiger partial charge in [-0.15, -0.1) is 81.0 Å². The number of allylic oxidation sites excluding steroid dienone is 2. The van der Waals surface area contributed by atoms with E-state index in [2.05, 4.69) is 190 Å². The van der Waals surface area contributed by atoms with Crippen molar-refractivity contribution in [2.24, 2.45) is 71.9 Å². The number of phenols is 2. The van der Waals surface area contributed by atoms with E-state index in [1.807, 2.05) is 140 Å². The topological polar surface area (TPSA) is 500 Å². The van der Waals surface area contributed by atoms with Gasteiger partial charge in [0.1, 0.15) is 57.0 Å². The van der Waals surface area contributed by atoms with Gasteiger partial charge < -0.3 is 129 Å². The van der Waals surface area contributed by atoms with Crippen LogP contribution in [0.25, 0.3) is 9.69 Å². The fraction of sp³-hybridized carbons (Fsp3) is 0.244. The number of hydrogen-bond donors (Lipinski definition) is 8. The van der Waals surface area contributed by atoms with Gasteiger partial charge >= 0.3 is 12.3 Å². The normalized spacial score (nSPS) is 14.2. The maximum absolute atomic E-state index is 10.9. The second-order valence-electron chi connectivity index (χ2n) is 29.2. The summed E-state index contributed by atoms with van der Waals surface area (Å²) in [6.45, 7) is 41.5. The molecule has 0 bridgehead atoms. The molecular formula is C90H84N28Ni2O14S10-4. The summed E-state index contributed by atoms with van der Waals surface area (Å²) in [5.74, 6) is 2.31. The largest absolute Gasteiger partial charge is 0.826 e. The number of azo groups is 6. The third kappa shape index (κ3) is 28.0. The predicted molar refractivity (Wildman–Crippen MR) is 555 cm³/mol. The molecule has 42 nitrogen and oxygen atoms in total. The zero-order valence-corrected chi connectivity index (χ0v) is 88.0. The maximum Gasteiger partial charge on any atom is 0.613 e. The summed E-state index contributed by atoms with van der Waals surface area (Å²) >= 11 is 41.1. The number of aromatic amines is 2. The Hall–Kier alpha value is -14.8. The molecule has 2 spiro atoms. The number of benzene rings is 8. The molecule has 4 aliphatic rings. The molecule has 0 amide bonds. The minimum atomic E-state index is -2.32. The second-order valence-corrected chi connectivity index (χ2v) is 34.8. The van der Waals surface area contributed by atoms with E-state index in [1.165, 1.54) is 56.1 Å².